The van der Waals surface area contributed by atoms with E-state index in [2.05, 4.69) is 20.2 Å². The number of aromatic nitrogens is 2. The monoisotopic (exact) mass is 428 g/mol. The van der Waals surface area contributed by atoms with Crippen molar-refractivity contribution in [3.05, 3.63) is 35.7 Å². The Morgan fingerprint density at radius 2 is 1.87 bits per heavy atom. The summed E-state index contributed by atoms with van der Waals surface area (Å²) >= 11 is 0. The third-order valence-corrected chi connectivity index (χ3v) is 4.83. The summed E-state index contributed by atoms with van der Waals surface area (Å²) in [5, 5.41) is 2.74. The van der Waals surface area contributed by atoms with Gasteiger partial charge in [0.1, 0.15) is 18.2 Å². The van der Waals surface area contributed by atoms with Crippen LogP contribution in [0.5, 0.6) is 17.4 Å². The van der Waals surface area contributed by atoms with Crippen molar-refractivity contribution in [1.82, 2.24) is 15.3 Å². The minimum absolute atomic E-state index is 0.0750. The summed E-state index contributed by atoms with van der Waals surface area (Å²) < 4.78 is 16.4. The second-order valence-electron chi connectivity index (χ2n) is 7.21. The van der Waals surface area contributed by atoms with E-state index in [4.69, 9.17) is 14.2 Å². The van der Waals surface area contributed by atoms with Crippen molar-refractivity contribution in [3.8, 4) is 17.4 Å². The standard InChI is InChI=1S/C22H28N4O5/c1-15(27)17-6-7-18(19(12-17)29-3)31-14-21(28)23-8-11-30-22-13-20(24-16(2)25-22)26-9-4-5-10-26/h6-7,12-13H,4-5,8-11,14H2,1-3H3,(H,23,28). The molecule has 1 saturated heterocycles. The number of ether oxygens (including phenoxy) is 3. The Morgan fingerprint density at radius 3 is 2.58 bits per heavy atom. The molecule has 2 aromatic rings. The van der Waals surface area contributed by atoms with Gasteiger partial charge in [0, 0.05) is 24.7 Å². The number of anilines is 1. The molecule has 0 saturated carbocycles. The third-order valence-electron chi connectivity index (χ3n) is 4.83. The maximum atomic E-state index is 12.1. The number of nitrogens with one attached hydrogen (secondary N) is 1. The van der Waals surface area contributed by atoms with Gasteiger partial charge in [0.15, 0.2) is 23.9 Å². The summed E-state index contributed by atoms with van der Waals surface area (Å²) in [7, 11) is 1.48. The van der Waals surface area contributed by atoms with E-state index >= 15 is 0 Å². The number of hydrogen-bond donors (Lipinski definition) is 1. The Labute approximate surface area is 181 Å². The molecule has 1 aromatic carbocycles. The fourth-order valence-corrected chi connectivity index (χ4v) is 3.25. The van der Waals surface area contributed by atoms with Gasteiger partial charge in [0.05, 0.1) is 13.7 Å². The molecule has 0 aliphatic carbocycles. The topological polar surface area (TPSA) is 103 Å². The number of nitrogens with zero attached hydrogens (tertiary/aromatic N) is 3. The molecule has 0 atom stereocenters. The van der Waals surface area contributed by atoms with Crippen molar-refractivity contribution in [3.63, 3.8) is 0 Å². The largest absolute Gasteiger partial charge is 0.493 e. The highest BCUT2D eigenvalue weighted by Gasteiger charge is 2.15. The van der Waals surface area contributed by atoms with Crippen LogP contribution in [0.2, 0.25) is 0 Å². The third kappa shape index (κ3) is 6.31. The molecule has 1 aliphatic rings. The second-order valence-corrected chi connectivity index (χ2v) is 7.21. The molecule has 1 aliphatic heterocycles. The number of aryl methyl sites for hydroxylation is 1. The highest BCUT2D eigenvalue weighted by molar-refractivity contribution is 5.94. The molecule has 0 unspecified atom stereocenters. The van der Waals surface area contributed by atoms with Gasteiger partial charge in [-0.1, -0.05) is 0 Å². The van der Waals surface area contributed by atoms with E-state index < -0.39 is 0 Å². The van der Waals surface area contributed by atoms with Gasteiger partial charge in [-0.05, 0) is 44.9 Å². The zero-order chi connectivity index (χ0) is 22.2. The Kier molecular flexibility index (Phi) is 7.64. The molecule has 0 spiro atoms. The summed E-state index contributed by atoms with van der Waals surface area (Å²) in [4.78, 5) is 34.5. The van der Waals surface area contributed by atoms with Gasteiger partial charge in [-0.3, -0.25) is 9.59 Å². The summed E-state index contributed by atoms with van der Waals surface area (Å²) in [5.41, 5.74) is 0.513. The van der Waals surface area contributed by atoms with Crippen molar-refractivity contribution in [1.29, 1.82) is 0 Å². The van der Waals surface area contributed by atoms with Gasteiger partial charge < -0.3 is 24.4 Å². The Morgan fingerprint density at radius 1 is 1.10 bits per heavy atom. The van der Waals surface area contributed by atoms with Crippen LogP contribution in [-0.4, -0.2) is 61.6 Å². The first-order valence-corrected chi connectivity index (χ1v) is 10.3. The van der Waals surface area contributed by atoms with Gasteiger partial charge >= 0.3 is 0 Å². The molecule has 0 bridgehead atoms. The first-order valence-electron chi connectivity index (χ1n) is 10.3. The van der Waals surface area contributed by atoms with Crippen molar-refractivity contribution < 1.29 is 23.8 Å². The van der Waals surface area contributed by atoms with Gasteiger partial charge in [-0.25, -0.2) is 4.98 Å². The van der Waals surface area contributed by atoms with Crippen LogP contribution in [-0.2, 0) is 4.79 Å². The lowest BCUT2D eigenvalue weighted by Gasteiger charge is -2.17. The number of benzene rings is 1. The summed E-state index contributed by atoms with van der Waals surface area (Å²) in [6, 6.07) is 6.66. The lowest BCUT2D eigenvalue weighted by Crippen LogP contribution is -2.32. The van der Waals surface area contributed by atoms with Crippen molar-refractivity contribution in [2.75, 3.05) is 44.9 Å². The molecule has 0 radical (unpaired) electrons. The number of amides is 1. The highest BCUT2D eigenvalue weighted by Crippen LogP contribution is 2.28. The fourth-order valence-electron chi connectivity index (χ4n) is 3.25. The van der Waals surface area contributed by atoms with Crippen molar-refractivity contribution >= 4 is 17.5 Å². The quantitative estimate of drug-likeness (QED) is 0.454. The zero-order valence-corrected chi connectivity index (χ0v) is 18.1. The zero-order valence-electron chi connectivity index (χ0n) is 18.1. The number of hydrogen-bond acceptors (Lipinski definition) is 8. The molecule has 1 N–H and O–H groups in total. The van der Waals surface area contributed by atoms with Crippen LogP contribution in [0.4, 0.5) is 5.82 Å². The normalized spacial score (nSPS) is 13.1. The molecule has 31 heavy (non-hydrogen) atoms. The second kappa shape index (κ2) is 10.6. The first kappa shape index (κ1) is 22.3. The molecule has 2 heterocycles. The number of Topliss-reactive ketones (excluding diaryl/α,β-unsaturated/α-hetero) is 1. The Balaban J connectivity index is 1.43. The van der Waals surface area contributed by atoms with E-state index in [0.29, 0.717) is 35.3 Å². The summed E-state index contributed by atoms with van der Waals surface area (Å²) in [5.74, 6) is 2.45. The van der Waals surface area contributed by atoms with E-state index in [1.807, 2.05) is 13.0 Å². The summed E-state index contributed by atoms with van der Waals surface area (Å²) in [6.07, 6.45) is 2.33. The number of methoxy groups -OCH3 is 1. The van der Waals surface area contributed by atoms with Crippen molar-refractivity contribution in [2.45, 2.75) is 26.7 Å². The fraction of sp³-hybridized carbons (Fsp3) is 0.455. The van der Waals surface area contributed by atoms with Crippen molar-refractivity contribution in [2.24, 2.45) is 0 Å². The van der Waals surface area contributed by atoms with Crippen LogP contribution in [0.3, 0.4) is 0 Å². The van der Waals surface area contributed by atoms with Gasteiger partial charge in [0.2, 0.25) is 5.88 Å². The minimum atomic E-state index is -0.294. The number of carbonyl (C=O) groups is 2. The lowest BCUT2D eigenvalue weighted by molar-refractivity contribution is -0.123. The predicted molar refractivity (Wildman–Crippen MR) is 115 cm³/mol. The molecule has 1 aromatic heterocycles. The van der Waals surface area contributed by atoms with Crippen LogP contribution in [0.25, 0.3) is 0 Å². The molecular formula is C22H28N4O5. The van der Waals surface area contributed by atoms with Crippen LogP contribution < -0.4 is 24.4 Å². The van der Waals surface area contributed by atoms with E-state index in [1.54, 1.807) is 18.2 Å². The predicted octanol–water partition coefficient (Wildman–Crippen LogP) is 2.17. The van der Waals surface area contributed by atoms with E-state index in [-0.39, 0.29) is 24.9 Å². The number of ketones is 1. The SMILES string of the molecule is COc1cc(C(C)=O)ccc1OCC(=O)NCCOc1cc(N2CCCC2)nc(C)n1. The molecule has 9 nitrogen and oxygen atoms in total. The lowest BCUT2D eigenvalue weighted by atomic mass is 10.1. The van der Waals surface area contributed by atoms with E-state index in [0.717, 1.165) is 18.9 Å². The van der Waals surface area contributed by atoms with Crippen LogP contribution in [0, 0.1) is 6.92 Å². The van der Waals surface area contributed by atoms with Gasteiger partial charge in [-0.2, -0.15) is 4.98 Å². The Hall–Kier alpha value is -3.36. The number of carbonyl (C=O) groups excluding carboxylic acids is 2. The maximum Gasteiger partial charge on any atom is 0.258 e. The molecule has 1 fully saturated rings. The number of rotatable bonds is 10. The highest BCUT2D eigenvalue weighted by atomic mass is 16.5. The molecule has 166 valence electrons. The maximum absolute atomic E-state index is 12.1. The average Bonchev–Trinajstić information content (AvgIpc) is 3.30. The Bertz CT molecular complexity index is 928. The molecular weight excluding hydrogens is 400 g/mol. The van der Waals surface area contributed by atoms with Gasteiger partial charge in [-0.15, -0.1) is 0 Å². The minimum Gasteiger partial charge on any atom is -0.493 e. The van der Waals surface area contributed by atoms with Crippen LogP contribution >= 0.6 is 0 Å². The first-order chi connectivity index (χ1) is 15.0. The molecule has 9 heteroatoms. The smallest absolute Gasteiger partial charge is 0.258 e. The average molecular weight is 428 g/mol. The van der Waals surface area contributed by atoms with Gasteiger partial charge in [0.25, 0.3) is 5.91 Å². The van der Waals surface area contributed by atoms with Crippen LogP contribution in [0.15, 0.2) is 24.3 Å². The molecule has 3 rings (SSSR count). The summed E-state index contributed by atoms with van der Waals surface area (Å²) in [6.45, 7) is 5.70. The molecule has 1 amide bonds. The van der Waals surface area contributed by atoms with E-state index in [1.165, 1.54) is 26.9 Å². The van der Waals surface area contributed by atoms with E-state index in [9.17, 15) is 9.59 Å². The van der Waals surface area contributed by atoms with Crippen LogP contribution in [0.1, 0.15) is 35.9 Å².